The van der Waals surface area contributed by atoms with Crippen LogP contribution in [0.5, 0.6) is 5.88 Å². The summed E-state index contributed by atoms with van der Waals surface area (Å²) in [5, 5.41) is 16.6. The summed E-state index contributed by atoms with van der Waals surface area (Å²) in [6.45, 7) is 3.68. The van der Waals surface area contributed by atoms with Crippen LogP contribution in [0.2, 0.25) is 0 Å². The van der Waals surface area contributed by atoms with Crippen LogP contribution in [0.25, 0.3) is 0 Å². The van der Waals surface area contributed by atoms with E-state index in [-0.39, 0.29) is 5.92 Å². The maximum atomic E-state index is 11.0. The highest BCUT2D eigenvalue weighted by Crippen LogP contribution is 2.23. The van der Waals surface area contributed by atoms with Crippen molar-refractivity contribution in [3.05, 3.63) is 17.8 Å². The monoisotopic (exact) mass is 210 g/mol. The molecular formula is C10H14N2O3. The van der Waals surface area contributed by atoms with E-state index in [1.54, 1.807) is 12.1 Å². The van der Waals surface area contributed by atoms with Crippen molar-refractivity contribution in [1.82, 2.24) is 10.2 Å². The highest BCUT2D eigenvalue weighted by Gasteiger charge is 2.25. The third-order valence-electron chi connectivity index (χ3n) is 2.12. The first kappa shape index (κ1) is 11.4. The highest BCUT2D eigenvalue weighted by atomic mass is 16.5. The van der Waals surface area contributed by atoms with E-state index in [1.165, 1.54) is 7.11 Å². The first-order valence-corrected chi connectivity index (χ1v) is 4.66. The zero-order chi connectivity index (χ0) is 11.4. The normalized spacial score (nSPS) is 12.5. The molecule has 15 heavy (non-hydrogen) atoms. The van der Waals surface area contributed by atoms with Gasteiger partial charge in [-0.25, -0.2) is 0 Å². The van der Waals surface area contributed by atoms with E-state index in [4.69, 9.17) is 9.84 Å². The molecule has 0 radical (unpaired) electrons. The Hall–Kier alpha value is -1.65. The van der Waals surface area contributed by atoms with Gasteiger partial charge in [0, 0.05) is 6.07 Å². The largest absolute Gasteiger partial charge is 0.481 e. The van der Waals surface area contributed by atoms with Crippen LogP contribution in [0.3, 0.4) is 0 Å². The number of aromatic nitrogens is 2. The average molecular weight is 210 g/mol. The Morgan fingerprint density at radius 2 is 2.07 bits per heavy atom. The van der Waals surface area contributed by atoms with Gasteiger partial charge in [-0.2, -0.15) is 5.10 Å². The standard InChI is InChI=1S/C10H14N2O3/c1-6(2)9(10(13)14)7-4-5-8(15-3)12-11-7/h4-6,9H,1-3H3,(H,13,14). The minimum atomic E-state index is -0.885. The van der Waals surface area contributed by atoms with E-state index < -0.39 is 11.9 Å². The summed E-state index contributed by atoms with van der Waals surface area (Å²) in [6.07, 6.45) is 0. The Bertz CT molecular complexity index is 335. The molecule has 0 aromatic carbocycles. The average Bonchev–Trinajstić information content (AvgIpc) is 2.18. The number of methoxy groups -OCH3 is 1. The highest BCUT2D eigenvalue weighted by molar-refractivity contribution is 5.75. The van der Waals surface area contributed by atoms with E-state index in [9.17, 15) is 4.79 Å². The van der Waals surface area contributed by atoms with Crippen molar-refractivity contribution < 1.29 is 14.6 Å². The van der Waals surface area contributed by atoms with Gasteiger partial charge in [0.05, 0.1) is 12.8 Å². The smallest absolute Gasteiger partial charge is 0.312 e. The van der Waals surface area contributed by atoms with Crippen molar-refractivity contribution >= 4 is 5.97 Å². The summed E-state index contributed by atoms with van der Waals surface area (Å²) in [7, 11) is 1.49. The molecule has 0 spiro atoms. The lowest BCUT2D eigenvalue weighted by atomic mass is 9.92. The fourth-order valence-electron chi connectivity index (χ4n) is 1.36. The molecule has 0 aliphatic carbocycles. The molecule has 0 aliphatic heterocycles. The quantitative estimate of drug-likeness (QED) is 0.811. The second kappa shape index (κ2) is 4.72. The van der Waals surface area contributed by atoms with Crippen molar-refractivity contribution in [1.29, 1.82) is 0 Å². The van der Waals surface area contributed by atoms with Crippen LogP contribution in [-0.4, -0.2) is 28.4 Å². The number of carbonyl (C=O) groups is 1. The fourth-order valence-corrected chi connectivity index (χ4v) is 1.36. The molecule has 5 nitrogen and oxygen atoms in total. The summed E-state index contributed by atoms with van der Waals surface area (Å²) in [4.78, 5) is 11.0. The minimum absolute atomic E-state index is 0.0230. The molecule has 82 valence electrons. The van der Waals surface area contributed by atoms with Crippen molar-refractivity contribution in [2.45, 2.75) is 19.8 Å². The van der Waals surface area contributed by atoms with Gasteiger partial charge in [-0.15, -0.1) is 5.10 Å². The maximum absolute atomic E-state index is 11.0. The van der Waals surface area contributed by atoms with Crippen molar-refractivity contribution in [2.75, 3.05) is 7.11 Å². The summed E-state index contributed by atoms with van der Waals surface area (Å²) >= 11 is 0. The van der Waals surface area contributed by atoms with Gasteiger partial charge in [0.25, 0.3) is 0 Å². The molecule has 0 fully saturated rings. The lowest BCUT2D eigenvalue weighted by Gasteiger charge is -2.14. The summed E-state index contributed by atoms with van der Waals surface area (Å²) in [6, 6.07) is 3.24. The van der Waals surface area contributed by atoms with Gasteiger partial charge < -0.3 is 9.84 Å². The van der Waals surface area contributed by atoms with E-state index in [2.05, 4.69) is 10.2 Å². The third-order valence-corrected chi connectivity index (χ3v) is 2.12. The van der Waals surface area contributed by atoms with Crippen LogP contribution in [0.4, 0.5) is 0 Å². The predicted octanol–water partition coefficient (Wildman–Crippen LogP) is 1.31. The third kappa shape index (κ3) is 2.65. The molecule has 0 saturated carbocycles. The number of rotatable bonds is 4. The Kier molecular flexibility index (Phi) is 3.60. The minimum Gasteiger partial charge on any atom is -0.481 e. The van der Waals surface area contributed by atoms with Gasteiger partial charge in [0.15, 0.2) is 0 Å². The zero-order valence-electron chi connectivity index (χ0n) is 8.97. The number of carboxylic acids is 1. The number of hydrogen-bond donors (Lipinski definition) is 1. The maximum Gasteiger partial charge on any atom is 0.312 e. The Balaban J connectivity index is 2.97. The number of aliphatic carboxylic acids is 1. The molecule has 0 bridgehead atoms. The van der Waals surface area contributed by atoms with Crippen LogP contribution in [-0.2, 0) is 4.79 Å². The molecule has 0 aliphatic rings. The number of carboxylic acid groups (broad SMARTS) is 1. The van der Waals surface area contributed by atoms with Crippen molar-refractivity contribution in [3.8, 4) is 5.88 Å². The van der Waals surface area contributed by atoms with Gasteiger partial charge in [0.2, 0.25) is 5.88 Å². The van der Waals surface area contributed by atoms with Crippen LogP contribution >= 0.6 is 0 Å². The molecule has 1 N–H and O–H groups in total. The van der Waals surface area contributed by atoms with Gasteiger partial charge >= 0.3 is 5.97 Å². The van der Waals surface area contributed by atoms with Crippen LogP contribution in [0.15, 0.2) is 12.1 Å². The lowest BCUT2D eigenvalue weighted by Crippen LogP contribution is -2.19. The lowest BCUT2D eigenvalue weighted by molar-refractivity contribution is -0.140. The molecule has 1 rings (SSSR count). The summed E-state index contributed by atoms with van der Waals surface area (Å²) in [5.41, 5.74) is 0.457. The molecule has 0 saturated heterocycles. The number of nitrogens with zero attached hydrogens (tertiary/aromatic N) is 2. The van der Waals surface area contributed by atoms with E-state index in [1.807, 2.05) is 13.8 Å². The number of ether oxygens (including phenoxy) is 1. The second-order valence-electron chi connectivity index (χ2n) is 3.56. The topological polar surface area (TPSA) is 72.3 Å². The van der Waals surface area contributed by atoms with Gasteiger partial charge in [-0.1, -0.05) is 13.8 Å². The Labute approximate surface area is 88.1 Å². The van der Waals surface area contributed by atoms with Crippen molar-refractivity contribution in [3.63, 3.8) is 0 Å². The second-order valence-corrected chi connectivity index (χ2v) is 3.56. The van der Waals surface area contributed by atoms with Crippen LogP contribution in [0.1, 0.15) is 25.5 Å². The Morgan fingerprint density at radius 1 is 1.40 bits per heavy atom. The molecule has 0 amide bonds. The van der Waals surface area contributed by atoms with E-state index in [0.29, 0.717) is 11.6 Å². The van der Waals surface area contributed by atoms with Crippen molar-refractivity contribution in [2.24, 2.45) is 5.92 Å². The first-order valence-electron chi connectivity index (χ1n) is 4.66. The van der Waals surface area contributed by atoms with Gasteiger partial charge in [-0.05, 0) is 12.0 Å². The molecular weight excluding hydrogens is 196 g/mol. The van der Waals surface area contributed by atoms with Crippen LogP contribution < -0.4 is 4.74 Å². The fraction of sp³-hybridized carbons (Fsp3) is 0.500. The molecule has 1 aromatic heterocycles. The molecule has 5 heteroatoms. The molecule has 1 aromatic rings. The predicted molar refractivity (Wildman–Crippen MR) is 53.8 cm³/mol. The van der Waals surface area contributed by atoms with E-state index >= 15 is 0 Å². The van der Waals surface area contributed by atoms with Crippen LogP contribution in [0, 0.1) is 5.92 Å². The Morgan fingerprint density at radius 3 is 2.40 bits per heavy atom. The van der Waals surface area contributed by atoms with Gasteiger partial charge in [0.1, 0.15) is 5.92 Å². The summed E-state index contributed by atoms with van der Waals surface area (Å²) in [5.74, 6) is -1.15. The number of hydrogen-bond acceptors (Lipinski definition) is 4. The van der Waals surface area contributed by atoms with Gasteiger partial charge in [-0.3, -0.25) is 4.79 Å². The summed E-state index contributed by atoms with van der Waals surface area (Å²) < 4.78 is 4.85. The first-order chi connectivity index (χ1) is 7.06. The SMILES string of the molecule is COc1ccc(C(C(=O)O)C(C)C)nn1. The van der Waals surface area contributed by atoms with E-state index in [0.717, 1.165) is 0 Å². The molecule has 1 atom stereocenters. The molecule has 1 heterocycles. The molecule has 1 unspecified atom stereocenters. The zero-order valence-corrected chi connectivity index (χ0v) is 8.97.